The van der Waals surface area contributed by atoms with E-state index in [4.69, 9.17) is 0 Å². The standard InChI is InChI=1S/C21H26Br2N2O4S2/c1-13-10-20(15(3)8-18(13)22)30(26,27)24-6-7-25(17(5)12-24)31(28,29)21-11-14(2)19(23)9-16(21)4/h8-11,17H,6-7,12H2,1-5H3/t17-/m0/s1. The molecule has 6 nitrogen and oxygen atoms in total. The maximum absolute atomic E-state index is 13.4. The van der Waals surface area contributed by atoms with E-state index in [1.165, 1.54) is 8.61 Å². The molecule has 1 atom stereocenters. The molecule has 3 rings (SSSR count). The van der Waals surface area contributed by atoms with Gasteiger partial charge in [-0.2, -0.15) is 8.61 Å². The molecule has 2 aromatic rings. The van der Waals surface area contributed by atoms with E-state index in [0.717, 1.165) is 20.1 Å². The van der Waals surface area contributed by atoms with Crippen molar-refractivity contribution >= 4 is 51.9 Å². The third kappa shape index (κ3) is 4.65. The van der Waals surface area contributed by atoms with Crippen LogP contribution in [-0.4, -0.2) is 51.1 Å². The second-order valence-electron chi connectivity index (χ2n) is 8.06. The minimum absolute atomic E-state index is 0.102. The zero-order chi connectivity index (χ0) is 23.3. The van der Waals surface area contributed by atoms with Crippen molar-refractivity contribution in [2.45, 2.75) is 50.5 Å². The van der Waals surface area contributed by atoms with Crippen molar-refractivity contribution in [1.82, 2.24) is 8.61 Å². The van der Waals surface area contributed by atoms with Gasteiger partial charge in [0.05, 0.1) is 9.79 Å². The van der Waals surface area contributed by atoms with Crippen molar-refractivity contribution in [3.05, 3.63) is 55.5 Å². The third-order valence-corrected chi connectivity index (χ3v) is 11.5. The second-order valence-corrected chi connectivity index (χ2v) is 13.5. The number of aryl methyl sites for hydroxylation is 4. The number of hydrogen-bond acceptors (Lipinski definition) is 4. The van der Waals surface area contributed by atoms with Gasteiger partial charge in [-0.1, -0.05) is 31.9 Å². The monoisotopic (exact) mass is 592 g/mol. The Hall–Kier alpha value is -0.780. The van der Waals surface area contributed by atoms with Crippen molar-refractivity contribution in [3.8, 4) is 0 Å². The highest BCUT2D eigenvalue weighted by molar-refractivity contribution is 9.10. The molecule has 0 N–H and O–H groups in total. The fourth-order valence-electron chi connectivity index (χ4n) is 3.81. The maximum Gasteiger partial charge on any atom is 0.243 e. The first kappa shape index (κ1) is 24.9. The maximum atomic E-state index is 13.4. The van der Waals surface area contributed by atoms with Gasteiger partial charge in [0.15, 0.2) is 0 Å². The van der Waals surface area contributed by atoms with Crippen LogP contribution in [0.15, 0.2) is 43.0 Å². The van der Waals surface area contributed by atoms with E-state index in [-0.39, 0.29) is 29.4 Å². The summed E-state index contributed by atoms with van der Waals surface area (Å²) in [7, 11) is -7.48. The Kier molecular flexibility index (Phi) is 7.11. The summed E-state index contributed by atoms with van der Waals surface area (Å²) in [4.78, 5) is 0.520. The molecule has 1 fully saturated rings. The van der Waals surface area contributed by atoms with E-state index in [1.807, 2.05) is 13.8 Å². The van der Waals surface area contributed by atoms with Gasteiger partial charge in [0.25, 0.3) is 0 Å². The Morgan fingerprint density at radius 2 is 1.19 bits per heavy atom. The van der Waals surface area contributed by atoms with Gasteiger partial charge >= 0.3 is 0 Å². The second kappa shape index (κ2) is 8.87. The number of rotatable bonds is 4. The lowest BCUT2D eigenvalue weighted by Crippen LogP contribution is -2.55. The van der Waals surface area contributed by atoms with Crippen LogP contribution < -0.4 is 0 Å². The summed E-state index contributed by atoms with van der Waals surface area (Å²) in [5.41, 5.74) is 2.97. The molecule has 0 radical (unpaired) electrons. The van der Waals surface area contributed by atoms with Gasteiger partial charge in [-0.05, 0) is 81.1 Å². The van der Waals surface area contributed by atoms with Crippen molar-refractivity contribution in [3.63, 3.8) is 0 Å². The van der Waals surface area contributed by atoms with Crippen LogP contribution in [0.1, 0.15) is 29.2 Å². The van der Waals surface area contributed by atoms with Crippen LogP contribution in [0.3, 0.4) is 0 Å². The van der Waals surface area contributed by atoms with Crippen LogP contribution in [0.5, 0.6) is 0 Å². The number of halogens is 2. The van der Waals surface area contributed by atoms with Crippen LogP contribution in [0.25, 0.3) is 0 Å². The van der Waals surface area contributed by atoms with Crippen LogP contribution in [0.2, 0.25) is 0 Å². The zero-order valence-corrected chi connectivity index (χ0v) is 22.9. The molecular weight excluding hydrogens is 568 g/mol. The van der Waals surface area contributed by atoms with Crippen molar-refractivity contribution in [1.29, 1.82) is 0 Å². The first-order chi connectivity index (χ1) is 14.3. The van der Waals surface area contributed by atoms with Crippen molar-refractivity contribution in [2.75, 3.05) is 19.6 Å². The molecule has 0 amide bonds. The molecule has 0 aliphatic carbocycles. The van der Waals surface area contributed by atoms with Crippen molar-refractivity contribution in [2.24, 2.45) is 0 Å². The van der Waals surface area contributed by atoms with Gasteiger partial charge in [-0.15, -0.1) is 0 Å². The summed E-state index contributed by atoms with van der Waals surface area (Å²) in [6.45, 7) is 9.28. The number of nitrogens with zero attached hydrogens (tertiary/aromatic N) is 2. The van der Waals surface area contributed by atoms with Crippen LogP contribution in [0.4, 0.5) is 0 Å². The van der Waals surface area contributed by atoms with Gasteiger partial charge in [-0.25, -0.2) is 16.8 Å². The van der Waals surface area contributed by atoms with Gasteiger partial charge in [0.2, 0.25) is 20.0 Å². The predicted octanol–water partition coefficient (Wildman–Crippen LogP) is 4.53. The number of hydrogen-bond donors (Lipinski definition) is 0. The lowest BCUT2D eigenvalue weighted by Gasteiger charge is -2.38. The Bertz CT molecular complexity index is 1240. The highest BCUT2D eigenvalue weighted by Crippen LogP contribution is 2.31. The molecule has 1 aliphatic heterocycles. The average molecular weight is 594 g/mol. The molecular formula is C21H26Br2N2O4S2. The molecule has 170 valence electrons. The van der Waals surface area contributed by atoms with E-state index >= 15 is 0 Å². The highest BCUT2D eigenvalue weighted by atomic mass is 79.9. The van der Waals surface area contributed by atoms with Gasteiger partial charge in [-0.3, -0.25) is 0 Å². The average Bonchev–Trinajstić information content (AvgIpc) is 2.66. The van der Waals surface area contributed by atoms with Crippen LogP contribution in [-0.2, 0) is 20.0 Å². The lowest BCUT2D eigenvalue weighted by atomic mass is 10.2. The van der Waals surface area contributed by atoms with E-state index in [2.05, 4.69) is 31.9 Å². The summed E-state index contributed by atoms with van der Waals surface area (Å²) in [5, 5.41) is 0. The number of benzene rings is 2. The minimum atomic E-state index is -3.75. The van der Waals surface area contributed by atoms with Gasteiger partial charge in [0.1, 0.15) is 0 Å². The minimum Gasteiger partial charge on any atom is -0.207 e. The van der Waals surface area contributed by atoms with E-state index in [9.17, 15) is 16.8 Å². The summed E-state index contributed by atoms with van der Waals surface area (Å²) >= 11 is 6.87. The Labute approximate surface area is 202 Å². The normalized spacial score (nSPS) is 19.0. The summed E-state index contributed by atoms with van der Waals surface area (Å²) in [6, 6.07) is 6.43. The Morgan fingerprint density at radius 3 is 1.65 bits per heavy atom. The quantitative estimate of drug-likeness (QED) is 0.522. The molecule has 1 saturated heterocycles. The molecule has 31 heavy (non-hydrogen) atoms. The Morgan fingerprint density at radius 1 is 0.742 bits per heavy atom. The molecule has 2 aromatic carbocycles. The zero-order valence-electron chi connectivity index (χ0n) is 18.1. The third-order valence-electron chi connectivity index (χ3n) is 5.65. The summed E-state index contributed by atoms with van der Waals surface area (Å²) < 4.78 is 57.9. The molecule has 0 unspecified atom stereocenters. The first-order valence-corrected chi connectivity index (χ1v) is 14.3. The summed E-state index contributed by atoms with van der Waals surface area (Å²) in [6.07, 6.45) is 0. The fourth-order valence-corrected chi connectivity index (χ4v) is 8.44. The predicted molar refractivity (Wildman–Crippen MR) is 129 cm³/mol. The van der Waals surface area contributed by atoms with Crippen LogP contribution in [0, 0.1) is 27.7 Å². The Balaban J connectivity index is 1.90. The molecule has 0 aromatic heterocycles. The van der Waals surface area contributed by atoms with E-state index < -0.39 is 26.1 Å². The van der Waals surface area contributed by atoms with Gasteiger partial charge < -0.3 is 0 Å². The number of sulfonamides is 2. The molecule has 1 heterocycles. The largest absolute Gasteiger partial charge is 0.243 e. The molecule has 0 bridgehead atoms. The topological polar surface area (TPSA) is 74.8 Å². The van der Waals surface area contributed by atoms with E-state index in [1.54, 1.807) is 45.0 Å². The first-order valence-electron chi connectivity index (χ1n) is 9.82. The molecule has 0 saturated carbocycles. The summed E-state index contributed by atoms with van der Waals surface area (Å²) in [5.74, 6) is 0. The smallest absolute Gasteiger partial charge is 0.207 e. The highest BCUT2D eigenvalue weighted by Gasteiger charge is 2.39. The number of piperazine rings is 1. The van der Waals surface area contributed by atoms with Crippen LogP contribution >= 0.6 is 31.9 Å². The van der Waals surface area contributed by atoms with Crippen molar-refractivity contribution < 1.29 is 16.8 Å². The van der Waals surface area contributed by atoms with E-state index in [0.29, 0.717) is 11.1 Å². The van der Waals surface area contributed by atoms with Gasteiger partial charge in [0, 0.05) is 34.6 Å². The molecule has 1 aliphatic rings. The molecule has 0 spiro atoms. The lowest BCUT2D eigenvalue weighted by molar-refractivity contribution is 0.212. The molecule has 10 heteroatoms. The fraction of sp³-hybridized carbons (Fsp3) is 0.429. The SMILES string of the molecule is Cc1cc(S(=O)(=O)N2CCN(S(=O)(=O)c3cc(C)c(Br)cc3C)[C@@H](C)C2)c(C)cc1Br.